The van der Waals surface area contributed by atoms with Crippen LogP contribution in [0.25, 0.3) is 0 Å². The SMILES string of the molecule is N#CC1(NC(=O)c2cc(F)ccc2F)CCCC1. The quantitative estimate of drug-likeness (QED) is 0.876. The fourth-order valence-corrected chi connectivity index (χ4v) is 2.20. The third-order valence-electron chi connectivity index (χ3n) is 3.20. The van der Waals surface area contributed by atoms with Gasteiger partial charge in [-0.25, -0.2) is 8.78 Å². The van der Waals surface area contributed by atoms with Crippen LogP contribution in [0.5, 0.6) is 0 Å². The van der Waals surface area contributed by atoms with E-state index in [4.69, 9.17) is 5.26 Å². The second-order valence-electron chi connectivity index (χ2n) is 4.48. The first kappa shape index (κ1) is 12.5. The molecule has 1 saturated carbocycles. The number of hydrogen-bond acceptors (Lipinski definition) is 2. The fraction of sp³-hybridized carbons (Fsp3) is 0.385. The monoisotopic (exact) mass is 250 g/mol. The van der Waals surface area contributed by atoms with Crippen LogP contribution >= 0.6 is 0 Å². The summed E-state index contributed by atoms with van der Waals surface area (Å²) in [6, 6.07) is 4.75. The van der Waals surface area contributed by atoms with Crippen molar-refractivity contribution in [2.45, 2.75) is 31.2 Å². The molecular formula is C13H12F2N2O. The van der Waals surface area contributed by atoms with E-state index in [0.29, 0.717) is 12.8 Å². The van der Waals surface area contributed by atoms with Crippen molar-refractivity contribution in [1.82, 2.24) is 5.32 Å². The number of halogens is 2. The third-order valence-corrected chi connectivity index (χ3v) is 3.20. The molecule has 5 heteroatoms. The molecule has 1 amide bonds. The summed E-state index contributed by atoms with van der Waals surface area (Å²) in [5, 5.41) is 11.6. The van der Waals surface area contributed by atoms with Crippen LogP contribution in [-0.4, -0.2) is 11.4 Å². The van der Waals surface area contributed by atoms with Crippen molar-refractivity contribution >= 4 is 5.91 Å². The van der Waals surface area contributed by atoms with Gasteiger partial charge in [-0.2, -0.15) is 5.26 Å². The van der Waals surface area contributed by atoms with Crippen molar-refractivity contribution in [3.63, 3.8) is 0 Å². The Bertz CT molecular complexity index is 516. The fourth-order valence-electron chi connectivity index (χ4n) is 2.20. The minimum absolute atomic E-state index is 0.364. The molecule has 2 rings (SSSR count). The van der Waals surface area contributed by atoms with Gasteiger partial charge in [0, 0.05) is 0 Å². The van der Waals surface area contributed by atoms with Gasteiger partial charge in [0.05, 0.1) is 11.6 Å². The van der Waals surface area contributed by atoms with E-state index < -0.39 is 23.1 Å². The van der Waals surface area contributed by atoms with E-state index in [2.05, 4.69) is 11.4 Å². The second-order valence-corrected chi connectivity index (χ2v) is 4.48. The molecule has 0 aliphatic heterocycles. The number of nitrogens with one attached hydrogen (secondary N) is 1. The maximum Gasteiger partial charge on any atom is 0.255 e. The molecule has 0 bridgehead atoms. The van der Waals surface area contributed by atoms with Crippen LogP contribution in [0, 0.1) is 23.0 Å². The maximum absolute atomic E-state index is 13.4. The molecule has 0 saturated heterocycles. The summed E-state index contributed by atoms with van der Waals surface area (Å²) in [5.41, 5.74) is -1.30. The number of rotatable bonds is 2. The Hall–Kier alpha value is -1.96. The Kier molecular flexibility index (Phi) is 3.28. The molecule has 1 aliphatic carbocycles. The van der Waals surface area contributed by atoms with Crippen molar-refractivity contribution in [2.24, 2.45) is 0 Å². The molecule has 1 aromatic carbocycles. The maximum atomic E-state index is 13.4. The molecule has 3 nitrogen and oxygen atoms in total. The van der Waals surface area contributed by atoms with Crippen LogP contribution in [0.1, 0.15) is 36.0 Å². The predicted octanol–water partition coefficient (Wildman–Crippen LogP) is 2.53. The van der Waals surface area contributed by atoms with Crippen molar-refractivity contribution in [1.29, 1.82) is 5.26 Å². The van der Waals surface area contributed by atoms with Gasteiger partial charge in [0.2, 0.25) is 0 Å². The van der Waals surface area contributed by atoms with Crippen molar-refractivity contribution < 1.29 is 13.6 Å². The molecule has 0 atom stereocenters. The summed E-state index contributed by atoms with van der Waals surface area (Å²) in [6.07, 6.45) is 2.79. The van der Waals surface area contributed by atoms with Crippen molar-refractivity contribution in [3.05, 3.63) is 35.4 Å². The Morgan fingerprint density at radius 1 is 1.33 bits per heavy atom. The lowest BCUT2D eigenvalue weighted by Crippen LogP contribution is -2.45. The van der Waals surface area contributed by atoms with E-state index in [1.165, 1.54) is 0 Å². The lowest BCUT2D eigenvalue weighted by atomic mass is 9.99. The number of carbonyl (C=O) groups is 1. The van der Waals surface area contributed by atoms with Gasteiger partial charge < -0.3 is 5.32 Å². The molecule has 94 valence electrons. The first-order valence-corrected chi connectivity index (χ1v) is 5.75. The normalized spacial score (nSPS) is 17.2. The zero-order valence-corrected chi connectivity index (χ0v) is 9.67. The highest BCUT2D eigenvalue weighted by molar-refractivity contribution is 5.95. The molecule has 18 heavy (non-hydrogen) atoms. The summed E-state index contributed by atoms with van der Waals surface area (Å²) in [7, 11) is 0. The van der Waals surface area contributed by atoms with Crippen LogP contribution in [0.15, 0.2) is 18.2 Å². The van der Waals surface area contributed by atoms with E-state index in [1.54, 1.807) is 0 Å². The van der Waals surface area contributed by atoms with Gasteiger partial charge >= 0.3 is 0 Å². The second kappa shape index (κ2) is 4.73. The largest absolute Gasteiger partial charge is 0.334 e. The smallest absolute Gasteiger partial charge is 0.255 e. The standard InChI is InChI=1S/C13H12F2N2O/c14-9-3-4-11(15)10(7-9)12(18)17-13(8-16)5-1-2-6-13/h3-4,7H,1-2,5-6H2,(H,17,18). The minimum atomic E-state index is -0.935. The minimum Gasteiger partial charge on any atom is -0.334 e. The molecular weight excluding hydrogens is 238 g/mol. The molecule has 1 aromatic rings. The molecule has 0 radical (unpaired) electrons. The molecule has 0 heterocycles. The third kappa shape index (κ3) is 2.33. The number of amides is 1. The lowest BCUT2D eigenvalue weighted by molar-refractivity contribution is 0.0916. The zero-order chi connectivity index (χ0) is 13.2. The summed E-state index contributed by atoms with van der Waals surface area (Å²) < 4.78 is 26.4. The van der Waals surface area contributed by atoms with Crippen molar-refractivity contribution in [3.8, 4) is 6.07 Å². The van der Waals surface area contributed by atoms with Crippen LogP contribution in [0.2, 0.25) is 0 Å². The van der Waals surface area contributed by atoms with Crippen LogP contribution in [0.3, 0.4) is 0 Å². The molecule has 0 spiro atoms. The molecule has 0 aromatic heterocycles. The van der Waals surface area contributed by atoms with E-state index in [1.807, 2.05) is 0 Å². The van der Waals surface area contributed by atoms with Gasteiger partial charge in [-0.1, -0.05) is 0 Å². The number of nitriles is 1. The highest BCUT2D eigenvalue weighted by Gasteiger charge is 2.36. The van der Waals surface area contributed by atoms with Crippen LogP contribution in [0.4, 0.5) is 8.78 Å². The number of benzene rings is 1. The first-order valence-electron chi connectivity index (χ1n) is 5.75. The Labute approximate surface area is 103 Å². The predicted molar refractivity (Wildman–Crippen MR) is 60.6 cm³/mol. The van der Waals surface area contributed by atoms with Gasteiger partial charge in [-0.05, 0) is 43.9 Å². The molecule has 1 aliphatic rings. The van der Waals surface area contributed by atoms with Gasteiger partial charge in [0.25, 0.3) is 5.91 Å². The van der Waals surface area contributed by atoms with Gasteiger partial charge in [-0.15, -0.1) is 0 Å². The Morgan fingerprint density at radius 2 is 2.00 bits per heavy atom. The van der Waals surface area contributed by atoms with Gasteiger partial charge in [-0.3, -0.25) is 4.79 Å². The summed E-state index contributed by atoms with van der Waals surface area (Å²) >= 11 is 0. The van der Waals surface area contributed by atoms with Crippen molar-refractivity contribution in [2.75, 3.05) is 0 Å². The zero-order valence-electron chi connectivity index (χ0n) is 9.67. The summed E-state index contributed by atoms with van der Waals surface area (Å²) in [4.78, 5) is 11.9. The molecule has 0 unspecified atom stereocenters. The van der Waals surface area contributed by atoms with E-state index in [9.17, 15) is 13.6 Å². The first-order chi connectivity index (χ1) is 8.56. The average molecular weight is 250 g/mol. The van der Waals surface area contributed by atoms with E-state index in [-0.39, 0.29) is 5.56 Å². The molecule has 1 N–H and O–H groups in total. The van der Waals surface area contributed by atoms with E-state index in [0.717, 1.165) is 31.0 Å². The average Bonchev–Trinajstić information content (AvgIpc) is 2.81. The number of nitrogens with zero attached hydrogens (tertiary/aromatic N) is 1. The van der Waals surface area contributed by atoms with Crippen LogP contribution < -0.4 is 5.32 Å². The number of carbonyl (C=O) groups excluding carboxylic acids is 1. The van der Waals surface area contributed by atoms with Gasteiger partial charge in [0.15, 0.2) is 0 Å². The van der Waals surface area contributed by atoms with Gasteiger partial charge in [0.1, 0.15) is 17.2 Å². The highest BCUT2D eigenvalue weighted by atomic mass is 19.1. The van der Waals surface area contributed by atoms with E-state index >= 15 is 0 Å². The lowest BCUT2D eigenvalue weighted by Gasteiger charge is -2.22. The topological polar surface area (TPSA) is 52.9 Å². The number of hydrogen-bond donors (Lipinski definition) is 1. The summed E-state index contributed by atoms with van der Waals surface area (Å²) in [5.74, 6) is -2.21. The Balaban J connectivity index is 2.22. The highest BCUT2D eigenvalue weighted by Crippen LogP contribution is 2.29. The summed E-state index contributed by atoms with van der Waals surface area (Å²) in [6.45, 7) is 0. The Morgan fingerprint density at radius 3 is 2.61 bits per heavy atom. The van der Waals surface area contributed by atoms with Crippen LogP contribution in [-0.2, 0) is 0 Å². The molecule has 1 fully saturated rings.